The van der Waals surface area contributed by atoms with Gasteiger partial charge in [0, 0.05) is 24.0 Å². The molecule has 0 amide bonds. The van der Waals surface area contributed by atoms with Gasteiger partial charge in [0.1, 0.15) is 11.5 Å². The summed E-state index contributed by atoms with van der Waals surface area (Å²) in [5.41, 5.74) is 0. The first kappa shape index (κ1) is 13.8. The Morgan fingerprint density at radius 2 is 1.90 bits per heavy atom. The molecule has 2 bridgehead atoms. The van der Waals surface area contributed by atoms with Crippen LogP contribution in [0.3, 0.4) is 0 Å². The minimum absolute atomic E-state index is 0.671. The lowest BCUT2D eigenvalue weighted by Crippen LogP contribution is -2.54. The molecule has 2 saturated heterocycles. The van der Waals surface area contributed by atoms with Gasteiger partial charge in [0.25, 0.3) is 0 Å². The van der Waals surface area contributed by atoms with Crippen LogP contribution in [0.25, 0.3) is 0 Å². The van der Waals surface area contributed by atoms with Crippen LogP contribution in [0, 0.1) is 5.92 Å². The minimum atomic E-state index is 0.671. The molecule has 116 valence electrons. The van der Waals surface area contributed by atoms with E-state index in [1.165, 1.54) is 44.3 Å². The molecule has 3 fully saturated rings. The third kappa shape index (κ3) is 2.78. The summed E-state index contributed by atoms with van der Waals surface area (Å²) < 4.78 is 6.01. The molecule has 21 heavy (non-hydrogen) atoms. The van der Waals surface area contributed by atoms with Crippen LogP contribution in [-0.4, -0.2) is 30.1 Å². The molecule has 1 N–H and O–H groups in total. The zero-order valence-corrected chi connectivity index (χ0v) is 13.3. The average Bonchev–Trinajstić information content (AvgIpc) is 2.99. The van der Waals surface area contributed by atoms with Gasteiger partial charge in [-0.15, -0.1) is 0 Å². The maximum Gasteiger partial charge on any atom is 0.117 e. The van der Waals surface area contributed by atoms with E-state index in [4.69, 9.17) is 4.42 Å². The third-order valence-electron chi connectivity index (χ3n) is 6.06. The topological polar surface area (TPSA) is 28.4 Å². The lowest BCUT2D eigenvalue weighted by Gasteiger charge is -2.47. The second-order valence-electron chi connectivity index (χ2n) is 7.58. The van der Waals surface area contributed by atoms with Gasteiger partial charge >= 0.3 is 0 Å². The standard InChI is InChI=1S/C18H28N2O/c1-12-8-17(12)18-7-6-16(21-18)11-19-13-9-14-4-3-5-15(10-13)20(14)2/h6-7,12-15,17,19H,3-5,8-11H2,1-2H3. The van der Waals surface area contributed by atoms with Crippen LogP contribution in [0.5, 0.6) is 0 Å². The number of rotatable bonds is 4. The highest BCUT2D eigenvalue weighted by atomic mass is 16.3. The van der Waals surface area contributed by atoms with Gasteiger partial charge in [-0.05, 0) is 57.2 Å². The largest absolute Gasteiger partial charge is 0.464 e. The second kappa shape index (κ2) is 5.44. The van der Waals surface area contributed by atoms with Crippen molar-refractivity contribution in [3.05, 3.63) is 23.7 Å². The maximum atomic E-state index is 6.01. The van der Waals surface area contributed by atoms with E-state index >= 15 is 0 Å². The number of nitrogens with one attached hydrogen (secondary N) is 1. The zero-order chi connectivity index (χ0) is 14.4. The van der Waals surface area contributed by atoms with Crippen molar-refractivity contribution in [1.29, 1.82) is 0 Å². The molecule has 1 aliphatic carbocycles. The van der Waals surface area contributed by atoms with Crippen LogP contribution >= 0.6 is 0 Å². The highest BCUT2D eigenvalue weighted by Crippen LogP contribution is 2.47. The van der Waals surface area contributed by atoms with Crippen LogP contribution in [-0.2, 0) is 6.54 Å². The van der Waals surface area contributed by atoms with E-state index in [0.717, 1.165) is 30.3 Å². The first-order valence-electron chi connectivity index (χ1n) is 8.74. The number of fused-ring (bicyclic) bond motifs is 2. The molecule has 0 aromatic carbocycles. The molecule has 1 saturated carbocycles. The predicted molar refractivity (Wildman–Crippen MR) is 84.3 cm³/mol. The Labute approximate surface area is 128 Å². The first-order valence-corrected chi connectivity index (χ1v) is 8.74. The lowest BCUT2D eigenvalue weighted by atomic mass is 9.82. The van der Waals surface area contributed by atoms with Crippen molar-refractivity contribution in [2.24, 2.45) is 5.92 Å². The molecular formula is C18H28N2O. The molecule has 2 aliphatic heterocycles. The van der Waals surface area contributed by atoms with Gasteiger partial charge in [0.15, 0.2) is 0 Å². The number of piperidine rings is 2. The Morgan fingerprint density at radius 3 is 2.57 bits per heavy atom. The molecule has 1 aromatic rings. The van der Waals surface area contributed by atoms with Crippen molar-refractivity contribution >= 4 is 0 Å². The van der Waals surface area contributed by atoms with Crippen molar-refractivity contribution in [3.63, 3.8) is 0 Å². The fraction of sp³-hybridized carbons (Fsp3) is 0.778. The number of furan rings is 1. The van der Waals surface area contributed by atoms with E-state index in [1.807, 2.05) is 0 Å². The maximum absolute atomic E-state index is 6.01. The van der Waals surface area contributed by atoms with Gasteiger partial charge in [-0.3, -0.25) is 0 Å². The minimum Gasteiger partial charge on any atom is -0.464 e. The van der Waals surface area contributed by atoms with Crippen molar-refractivity contribution in [3.8, 4) is 0 Å². The van der Waals surface area contributed by atoms with E-state index in [1.54, 1.807) is 0 Å². The third-order valence-corrected chi connectivity index (χ3v) is 6.06. The van der Waals surface area contributed by atoms with E-state index in [2.05, 4.69) is 36.3 Å². The normalized spacial score (nSPS) is 39.4. The van der Waals surface area contributed by atoms with Gasteiger partial charge in [0.2, 0.25) is 0 Å². The van der Waals surface area contributed by atoms with E-state index in [-0.39, 0.29) is 0 Å². The smallest absolute Gasteiger partial charge is 0.117 e. The van der Waals surface area contributed by atoms with Gasteiger partial charge in [0.05, 0.1) is 6.54 Å². The molecule has 0 spiro atoms. The van der Waals surface area contributed by atoms with Crippen molar-refractivity contribution in [2.45, 2.75) is 76.0 Å². The summed E-state index contributed by atoms with van der Waals surface area (Å²) >= 11 is 0. The van der Waals surface area contributed by atoms with Gasteiger partial charge < -0.3 is 14.6 Å². The molecular weight excluding hydrogens is 260 g/mol. The van der Waals surface area contributed by atoms with Crippen LogP contribution < -0.4 is 5.32 Å². The quantitative estimate of drug-likeness (QED) is 0.919. The monoisotopic (exact) mass is 288 g/mol. The summed E-state index contributed by atoms with van der Waals surface area (Å²) in [5.74, 6) is 3.85. The molecule has 3 nitrogen and oxygen atoms in total. The van der Waals surface area contributed by atoms with Crippen molar-refractivity contribution < 1.29 is 4.42 Å². The van der Waals surface area contributed by atoms with E-state index in [0.29, 0.717) is 12.0 Å². The fourth-order valence-electron chi connectivity index (χ4n) is 4.43. The Morgan fingerprint density at radius 1 is 1.19 bits per heavy atom. The Balaban J connectivity index is 1.31. The summed E-state index contributed by atoms with van der Waals surface area (Å²) in [4.78, 5) is 2.63. The predicted octanol–water partition coefficient (Wildman–Crippen LogP) is 3.51. The zero-order valence-electron chi connectivity index (χ0n) is 13.3. The molecule has 4 rings (SSSR count). The molecule has 4 unspecified atom stereocenters. The van der Waals surface area contributed by atoms with Crippen LogP contribution in [0.2, 0.25) is 0 Å². The highest BCUT2D eigenvalue weighted by molar-refractivity contribution is 5.17. The van der Waals surface area contributed by atoms with Gasteiger partial charge in [-0.1, -0.05) is 13.3 Å². The van der Waals surface area contributed by atoms with Crippen LogP contribution in [0.4, 0.5) is 0 Å². The van der Waals surface area contributed by atoms with E-state index in [9.17, 15) is 0 Å². The van der Waals surface area contributed by atoms with Crippen molar-refractivity contribution in [1.82, 2.24) is 10.2 Å². The van der Waals surface area contributed by atoms with Crippen molar-refractivity contribution in [2.75, 3.05) is 7.05 Å². The first-order chi connectivity index (χ1) is 10.2. The van der Waals surface area contributed by atoms with Crippen LogP contribution in [0.1, 0.15) is 62.9 Å². The highest BCUT2D eigenvalue weighted by Gasteiger charge is 2.37. The summed E-state index contributed by atoms with van der Waals surface area (Å²) in [6, 6.07) is 6.63. The number of nitrogens with zero attached hydrogens (tertiary/aromatic N) is 1. The Kier molecular flexibility index (Phi) is 3.58. The Hall–Kier alpha value is -0.800. The molecule has 3 heteroatoms. The van der Waals surface area contributed by atoms with E-state index < -0.39 is 0 Å². The molecule has 3 aliphatic rings. The van der Waals surface area contributed by atoms with Crippen LogP contribution in [0.15, 0.2) is 16.5 Å². The Bertz CT molecular complexity index is 483. The summed E-state index contributed by atoms with van der Waals surface area (Å²) in [6.45, 7) is 3.21. The van der Waals surface area contributed by atoms with Gasteiger partial charge in [-0.25, -0.2) is 0 Å². The lowest BCUT2D eigenvalue weighted by molar-refractivity contribution is 0.0478. The molecule has 3 heterocycles. The summed E-state index contributed by atoms with van der Waals surface area (Å²) in [5, 5.41) is 3.75. The SMILES string of the molecule is CC1CC1c1ccc(CNC2CC3CCCC(C2)N3C)o1. The molecule has 1 aromatic heterocycles. The fourth-order valence-corrected chi connectivity index (χ4v) is 4.43. The molecule has 4 atom stereocenters. The number of hydrogen-bond acceptors (Lipinski definition) is 3. The summed E-state index contributed by atoms with van der Waals surface area (Å²) in [6.07, 6.45) is 8.11. The average molecular weight is 288 g/mol. The second-order valence-corrected chi connectivity index (χ2v) is 7.58. The number of hydrogen-bond donors (Lipinski definition) is 1. The van der Waals surface area contributed by atoms with Gasteiger partial charge in [-0.2, -0.15) is 0 Å². The molecule has 0 radical (unpaired) electrons. The summed E-state index contributed by atoms with van der Waals surface area (Å²) in [7, 11) is 2.32.